The number of aliphatic imine (C=N–C) groups is 1. The molecule has 0 aromatic heterocycles. The van der Waals surface area contributed by atoms with Gasteiger partial charge in [-0.05, 0) is 12.5 Å². The molecule has 0 spiro atoms. The lowest BCUT2D eigenvalue weighted by Gasteiger charge is -2.22. The van der Waals surface area contributed by atoms with Gasteiger partial charge in [0, 0.05) is 45.3 Å². The lowest BCUT2D eigenvalue weighted by atomic mass is 10.1. The van der Waals surface area contributed by atoms with Crippen LogP contribution in [-0.2, 0) is 11.3 Å². The fourth-order valence-electron chi connectivity index (χ4n) is 3.00. The summed E-state index contributed by atoms with van der Waals surface area (Å²) >= 11 is 0. The third-order valence-corrected chi connectivity index (χ3v) is 4.12. The van der Waals surface area contributed by atoms with Crippen LogP contribution < -0.4 is 14.8 Å². The summed E-state index contributed by atoms with van der Waals surface area (Å²) in [4.78, 5) is 6.67. The molecule has 1 aromatic rings. The number of nitrogens with one attached hydrogen (secondary N) is 1. The van der Waals surface area contributed by atoms with Crippen molar-refractivity contribution < 1.29 is 14.2 Å². The molecule has 2 rings (SSSR count). The van der Waals surface area contributed by atoms with E-state index in [2.05, 4.69) is 15.2 Å². The Morgan fingerprint density at radius 1 is 1.30 bits per heavy atom. The first-order valence-corrected chi connectivity index (χ1v) is 7.87. The Hall–Kier alpha value is -1.95. The number of hydrogen-bond donors (Lipinski definition) is 1. The first-order valence-electron chi connectivity index (χ1n) is 7.87. The Morgan fingerprint density at radius 3 is 2.78 bits per heavy atom. The highest BCUT2D eigenvalue weighted by atomic mass is 16.5. The second-order valence-electron chi connectivity index (χ2n) is 5.61. The Labute approximate surface area is 138 Å². The molecule has 23 heavy (non-hydrogen) atoms. The van der Waals surface area contributed by atoms with Crippen LogP contribution in [-0.4, -0.2) is 58.9 Å². The molecule has 1 heterocycles. The fourth-order valence-corrected chi connectivity index (χ4v) is 3.00. The minimum absolute atomic E-state index is 0.574. The fraction of sp³-hybridized carbons (Fsp3) is 0.588. The molecule has 1 aliphatic heterocycles. The van der Waals surface area contributed by atoms with Crippen molar-refractivity contribution >= 4 is 5.96 Å². The van der Waals surface area contributed by atoms with E-state index in [1.807, 2.05) is 25.2 Å². The smallest absolute Gasteiger partial charge is 0.193 e. The molecule has 0 saturated carbocycles. The number of benzene rings is 1. The van der Waals surface area contributed by atoms with Crippen LogP contribution in [0.25, 0.3) is 0 Å². The highest BCUT2D eigenvalue weighted by molar-refractivity contribution is 5.80. The van der Waals surface area contributed by atoms with Crippen molar-refractivity contribution in [3.8, 4) is 11.5 Å². The standard InChI is InChI=1S/C17H27N3O3/c1-18-17(20-9-8-13(11-20)12-21-2)19-10-14-6-5-7-15(22-3)16(14)23-4/h5-7,13H,8-12H2,1-4H3,(H,18,19). The zero-order valence-corrected chi connectivity index (χ0v) is 14.5. The van der Waals surface area contributed by atoms with E-state index in [0.29, 0.717) is 12.5 Å². The zero-order chi connectivity index (χ0) is 16.7. The maximum absolute atomic E-state index is 5.47. The average molecular weight is 321 g/mol. The molecular formula is C17H27N3O3. The number of likely N-dealkylation sites (tertiary alicyclic amines) is 1. The molecule has 0 aliphatic carbocycles. The van der Waals surface area contributed by atoms with Gasteiger partial charge in [-0.3, -0.25) is 4.99 Å². The van der Waals surface area contributed by atoms with E-state index < -0.39 is 0 Å². The maximum atomic E-state index is 5.47. The van der Waals surface area contributed by atoms with Gasteiger partial charge in [0.2, 0.25) is 0 Å². The third-order valence-electron chi connectivity index (χ3n) is 4.12. The molecule has 1 saturated heterocycles. The van der Waals surface area contributed by atoms with Gasteiger partial charge in [-0.25, -0.2) is 0 Å². The molecular weight excluding hydrogens is 294 g/mol. The number of guanidine groups is 1. The molecule has 0 bridgehead atoms. The lowest BCUT2D eigenvalue weighted by molar-refractivity contribution is 0.157. The highest BCUT2D eigenvalue weighted by Crippen LogP contribution is 2.30. The normalized spacial score (nSPS) is 18.2. The van der Waals surface area contributed by atoms with E-state index in [9.17, 15) is 0 Å². The van der Waals surface area contributed by atoms with Gasteiger partial charge in [0.25, 0.3) is 0 Å². The van der Waals surface area contributed by atoms with E-state index in [0.717, 1.165) is 49.1 Å². The quantitative estimate of drug-likeness (QED) is 0.639. The van der Waals surface area contributed by atoms with Gasteiger partial charge < -0.3 is 24.4 Å². The summed E-state index contributed by atoms with van der Waals surface area (Å²) in [6.45, 7) is 3.42. The van der Waals surface area contributed by atoms with Gasteiger partial charge in [-0.15, -0.1) is 0 Å². The van der Waals surface area contributed by atoms with Crippen molar-refractivity contribution in [2.75, 3.05) is 48.1 Å². The van der Waals surface area contributed by atoms with Gasteiger partial charge in [-0.1, -0.05) is 12.1 Å². The van der Waals surface area contributed by atoms with E-state index in [4.69, 9.17) is 14.2 Å². The number of nitrogens with zero attached hydrogens (tertiary/aromatic N) is 2. The maximum Gasteiger partial charge on any atom is 0.193 e. The van der Waals surface area contributed by atoms with Crippen LogP contribution in [0.2, 0.25) is 0 Å². The number of para-hydroxylation sites is 1. The molecule has 6 heteroatoms. The van der Waals surface area contributed by atoms with Gasteiger partial charge in [0.1, 0.15) is 0 Å². The molecule has 128 valence electrons. The van der Waals surface area contributed by atoms with Gasteiger partial charge in [-0.2, -0.15) is 0 Å². The SMILES string of the molecule is CN=C(NCc1cccc(OC)c1OC)N1CCC(COC)C1. The summed E-state index contributed by atoms with van der Waals surface area (Å²) in [7, 11) is 6.87. The van der Waals surface area contributed by atoms with E-state index in [-0.39, 0.29) is 0 Å². The van der Waals surface area contributed by atoms with Gasteiger partial charge in [0.15, 0.2) is 17.5 Å². The molecule has 1 N–H and O–H groups in total. The molecule has 1 aliphatic rings. The Bertz CT molecular complexity index is 534. The average Bonchev–Trinajstić information content (AvgIpc) is 3.03. The zero-order valence-electron chi connectivity index (χ0n) is 14.5. The lowest BCUT2D eigenvalue weighted by Crippen LogP contribution is -2.39. The summed E-state index contributed by atoms with van der Waals surface area (Å²) in [5.74, 6) is 2.98. The van der Waals surface area contributed by atoms with Crippen LogP contribution in [0, 0.1) is 5.92 Å². The summed E-state index contributed by atoms with van der Waals surface area (Å²) < 4.78 is 16.1. The molecule has 1 fully saturated rings. The summed E-state index contributed by atoms with van der Waals surface area (Å²) in [6, 6.07) is 5.89. The number of rotatable bonds is 6. The molecule has 1 aromatic carbocycles. The van der Waals surface area contributed by atoms with Crippen LogP contribution in [0.15, 0.2) is 23.2 Å². The number of methoxy groups -OCH3 is 3. The van der Waals surface area contributed by atoms with Crippen LogP contribution in [0.4, 0.5) is 0 Å². The predicted molar refractivity (Wildman–Crippen MR) is 91.3 cm³/mol. The minimum Gasteiger partial charge on any atom is -0.493 e. The summed E-state index contributed by atoms with van der Waals surface area (Å²) in [6.07, 6.45) is 1.14. The van der Waals surface area contributed by atoms with Gasteiger partial charge in [0.05, 0.1) is 20.8 Å². The Balaban J connectivity index is 1.99. The first-order chi connectivity index (χ1) is 11.2. The van der Waals surface area contributed by atoms with Crippen molar-refractivity contribution in [2.24, 2.45) is 10.9 Å². The molecule has 6 nitrogen and oxygen atoms in total. The van der Waals surface area contributed by atoms with Crippen molar-refractivity contribution in [1.82, 2.24) is 10.2 Å². The van der Waals surface area contributed by atoms with Gasteiger partial charge >= 0.3 is 0 Å². The largest absolute Gasteiger partial charge is 0.493 e. The highest BCUT2D eigenvalue weighted by Gasteiger charge is 2.24. The Morgan fingerprint density at radius 2 is 2.13 bits per heavy atom. The predicted octanol–water partition coefficient (Wildman–Crippen LogP) is 1.75. The van der Waals surface area contributed by atoms with Crippen LogP contribution in [0.3, 0.4) is 0 Å². The summed E-state index contributed by atoms with van der Waals surface area (Å²) in [5.41, 5.74) is 1.04. The second kappa shape index (κ2) is 8.62. The van der Waals surface area contributed by atoms with E-state index in [1.165, 1.54) is 0 Å². The van der Waals surface area contributed by atoms with Crippen LogP contribution in [0.1, 0.15) is 12.0 Å². The van der Waals surface area contributed by atoms with Crippen LogP contribution in [0.5, 0.6) is 11.5 Å². The van der Waals surface area contributed by atoms with E-state index >= 15 is 0 Å². The molecule has 0 radical (unpaired) electrons. The monoisotopic (exact) mass is 321 g/mol. The van der Waals surface area contributed by atoms with Crippen molar-refractivity contribution in [3.05, 3.63) is 23.8 Å². The molecule has 1 atom stereocenters. The van der Waals surface area contributed by atoms with Crippen molar-refractivity contribution in [2.45, 2.75) is 13.0 Å². The summed E-state index contributed by atoms with van der Waals surface area (Å²) in [5, 5.41) is 3.42. The number of hydrogen-bond acceptors (Lipinski definition) is 4. The number of ether oxygens (including phenoxy) is 3. The topological polar surface area (TPSA) is 55.3 Å². The van der Waals surface area contributed by atoms with Crippen molar-refractivity contribution in [3.63, 3.8) is 0 Å². The minimum atomic E-state index is 0.574. The molecule has 1 unspecified atom stereocenters. The van der Waals surface area contributed by atoms with Crippen LogP contribution >= 0.6 is 0 Å². The third kappa shape index (κ3) is 4.28. The Kier molecular flexibility index (Phi) is 6.52. The first kappa shape index (κ1) is 17.4. The molecule has 0 amide bonds. The second-order valence-corrected chi connectivity index (χ2v) is 5.61. The van der Waals surface area contributed by atoms with Crippen molar-refractivity contribution in [1.29, 1.82) is 0 Å². The van der Waals surface area contributed by atoms with E-state index in [1.54, 1.807) is 21.3 Å².